The van der Waals surface area contributed by atoms with Gasteiger partial charge in [0.05, 0.1) is 7.11 Å². The Balaban J connectivity index is 0.00000256. The highest BCUT2D eigenvalue weighted by atomic mass is 35.5. The summed E-state index contributed by atoms with van der Waals surface area (Å²) in [6.07, 6.45) is 1.94. The highest BCUT2D eigenvalue weighted by Crippen LogP contribution is 2.16. The van der Waals surface area contributed by atoms with Crippen LogP contribution in [0.5, 0.6) is 5.75 Å². The van der Waals surface area contributed by atoms with E-state index >= 15 is 0 Å². The van der Waals surface area contributed by atoms with Crippen LogP contribution in [0.25, 0.3) is 0 Å². The molecule has 0 spiro atoms. The van der Waals surface area contributed by atoms with Gasteiger partial charge in [-0.2, -0.15) is 11.8 Å². The minimum absolute atomic E-state index is 0. The van der Waals surface area contributed by atoms with Crippen molar-refractivity contribution in [2.45, 2.75) is 6.54 Å². The van der Waals surface area contributed by atoms with Crippen molar-refractivity contribution in [3.8, 4) is 5.75 Å². The molecule has 4 heteroatoms. The van der Waals surface area contributed by atoms with Crippen molar-refractivity contribution >= 4 is 24.2 Å². The molecule has 17 heavy (non-hydrogen) atoms. The van der Waals surface area contributed by atoms with Gasteiger partial charge in [-0.3, -0.25) is 0 Å². The van der Waals surface area contributed by atoms with E-state index in [9.17, 15) is 0 Å². The van der Waals surface area contributed by atoms with Crippen LogP contribution in [0.15, 0.2) is 36.9 Å². The van der Waals surface area contributed by atoms with Gasteiger partial charge in [0.1, 0.15) is 5.75 Å². The number of hydrogen-bond acceptors (Lipinski definition) is 3. The van der Waals surface area contributed by atoms with Crippen LogP contribution in [0.4, 0.5) is 0 Å². The molecule has 0 radical (unpaired) electrons. The predicted octanol–water partition coefficient (Wildman–Crippen LogP) is 3.13. The molecule has 1 rings (SSSR count). The number of methoxy groups -OCH3 is 1. The van der Waals surface area contributed by atoms with Gasteiger partial charge in [0, 0.05) is 30.2 Å². The Labute approximate surface area is 114 Å². The predicted molar refractivity (Wildman–Crippen MR) is 79.5 cm³/mol. The first kappa shape index (κ1) is 16.4. The third-order valence-corrected chi connectivity index (χ3v) is 3.13. The SMILES string of the molecule is C=CCSCCNCc1ccccc1OC.Cl. The number of rotatable bonds is 8. The molecular formula is C13H20ClNOS. The van der Waals surface area contributed by atoms with Gasteiger partial charge in [-0.15, -0.1) is 19.0 Å². The summed E-state index contributed by atoms with van der Waals surface area (Å²) in [6, 6.07) is 8.10. The van der Waals surface area contributed by atoms with Gasteiger partial charge in [0.25, 0.3) is 0 Å². The molecule has 0 aliphatic heterocycles. The van der Waals surface area contributed by atoms with E-state index in [4.69, 9.17) is 4.74 Å². The number of halogens is 1. The van der Waals surface area contributed by atoms with E-state index in [1.165, 1.54) is 5.56 Å². The molecule has 0 unspecified atom stereocenters. The van der Waals surface area contributed by atoms with E-state index in [1.807, 2.05) is 36.0 Å². The summed E-state index contributed by atoms with van der Waals surface area (Å²) in [5, 5.41) is 3.40. The number of nitrogens with one attached hydrogen (secondary N) is 1. The van der Waals surface area contributed by atoms with Crippen LogP contribution < -0.4 is 10.1 Å². The number of thioether (sulfide) groups is 1. The van der Waals surface area contributed by atoms with Gasteiger partial charge < -0.3 is 10.1 Å². The average molecular weight is 274 g/mol. The third kappa shape index (κ3) is 6.61. The van der Waals surface area contributed by atoms with Crippen molar-refractivity contribution in [1.29, 1.82) is 0 Å². The molecule has 0 aliphatic carbocycles. The summed E-state index contributed by atoms with van der Waals surface area (Å²) >= 11 is 1.89. The first-order chi connectivity index (χ1) is 7.88. The molecule has 2 nitrogen and oxygen atoms in total. The van der Waals surface area contributed by atoms with Gasteiger partial charge in [0.2, 0.25) is 0 Å². The molecule has 0 heterocycles. The first-order valence-corrected chi connectivity index (χ1v) is 6.55. The largest absolute Gasteiger partial charge is 0.496 e. The zero-order valence-electron chi connectivity index (χ0n) is 10.1. The minimum Gasteiger partial charge on any atom is -0.496 e. The second kappa shape index (κ2) is 10.5. The molecule has 1 aromatic carbocycles. The van der Waals surface area contributed by atoms with E-state index in [2.05, 4.69) is 18.0 Å². The maximum Gasteiger partial charge on any atom is 0.123 e. The molecule has 0 bridgehead atoms. The van der Waals surface area contributed by atoms with Crippen LogP contribution in [-0.4, -0.2) is 25.2 Å². The highest BCUT2D eigenvalue weighted by molar-refractivity contribution is 7.99. The van der Waals surface area contributed by atoms with E-state index in [0.29, 0.717) is 0 Å². The molecule has 0 fully saturated rings. The lowest BCUT2D eigenvalue weighted by atomic mass is 10.2. The van der Waals surface area contributed by atoms with E-state index in [1.54, 1.807) is 7.11 Å². The molecule has 0 atom stereocenters. The Hall–Kier alpha value is -0.640. The molecule has 1 N–H and O–H groups in total. The molecule has 1 aromatic rings. The summed E-state index contributed by atoms with van der Waals surface area (Å²) in [6.45, 7) is 5.56. The van der Waals surface area contributed by atoms with E-state index in [0.717, 1.165) is 30.3 Å². The van der Waals surface area contributed by atoms with Crippen molar-refractivity contribution in [1.82, 2.24) is 5.32 Å². The summed E-state index contributed by atoms with van der Waals surface area (Å²) in [4.78, 5) is 0. The lowest BCUT2D eigenvalue weighted by Gasteiger charge is -2.08. The fraction of sp³-hybridized carbons (Fsp3) is 0.385. The van der Waals surface area contributed by atoms with Gasteiger partial charge >= 0.3 is 0 Å². The second-order valence-corrected chi connectivity index (χ2v) is 4.50. The lowest BCUT2D eigenvalue weighted by Crippen LogP contribution is -2.17. The third-order valence-electron chi connectivity index (χ3n) is 2.17. The zero-order valence-corrected chi connectivity index (χ0v) is 11.8. The lowest BCUT2D eigenvalue weighted by molar-refractivity contribution is 0.408. The average Bonchev–Trinajstić information content (AvgIpc) is 2.34. The van der Waals surface area contributed by atoms with Crippen LogP contribution in [0.2, 0.25) is 0 Å². The molecule has 0 amide bonds. The fourth-order valence-electron chi connectivity index (χ4n) is 1.38. The van der Waals surface area contributed by atoms with Crippen molar-refractivity contribution in [3.05, 3.63) is 42.5 Å². The minimum atomic E-state index is 0. The number of ether oxygens (including phenoxy) is 1. The van der Waals surface area contributed by atoms with Gasteiger partial charge in [-0.1, -0.05) is 24.3 Å². The Morgan fingerprint density at radius 2 is 2.18 bits per heavy atom. The molecule has 0 saturated carbocycles. The molecule has 0 saturated heterocycles. The van der Waals surface area contributed by atoms with Crippen molar-refractivity contribution in [3.63, 3.8) is 0 Å². The van der Waals surface area contributed by atoms with Gasteiger partial charge in [-0.25, -0.2) is 0 Å². The quantitative estimate of drug-likeness (QED) is 0.581. The van der Waals surface area contributed by atoms with Crippen LogP contribution in [-0.2, 0) is 6.54 Å². The zero-order chi connectivity index (χ0) is 11.6. The smallest absolute Gasteiger partial charge is 0.123 e. The van der Waals surface area contributed by atoms with Crippen molar-refractivity contribution in [2.75, 3.05) is 25.2 Å². The van der Waals surface area contributed by atoms with Gasteiger partial charge in [0.15, 0.2) is 0 Å². The number of hydrogen-bond donors (Lipinski definition) is 1. The Bertz CT molecular complexity index is 320. The fourth-order valence-corrected chi connectivity index (χ4v) is 2.01. The van der Waals surface area contributed by atoms with Crippen LogP contribution in [0.3, 0.4) is 0 Å². The standard InChI is InChI=1S/C13H19NOS.ClH/c1-3-9-16-10-8-14-11-12-6-4-5-7-13(12)15-2;/h3-7,14H,1,8-11H2,2H3;1H. The molecular weight excluding hydrogens is 254 g/mol. The maximum atomic E-state index is 5.28. The number of para-hydroxylation sites is 1. The van der Waals surface area contributed by atoms with E-state index < -0.39 is 0 Å². The van der Waals surface area contributed by atoms with Crippen LogP contribution in [0.1, 0.15) is 5.56 Å². The topological polar surface area (TPSA) is 21.3 Å². The summed E-state index contributed by atoms with van der Waals surface area (Å²) in [5.41, 5.74) is 1.21. The Kier molecular flexibility index (Phi) is 10.1. The van der Waals surface area contributed by atoms with Crippen LogP contribution >= 0.6 is 24.2 Å². The van der Waals surface area contributed by atoms with Crippen molar-refractivity contribution in [2.24, 2.45) is 0 Å². The highest BCUT2D eigenvalue weighted by Gasteiger charge is 1.99. The van der Waals surface area contributed by atoms with Crippen LogP contribution in [0, 0.1) is 0 Å². The van der Waals surface area contributed by atoms with E-state index in [-0.39, 0.29) is 12.4 Å². The summed E-state index contributed by atoms with van der Waals surface area (Å²) in [7, 11) is 1.71. The first-order valence-electron chi connectivity index (χ1n) is 5.39. The molecule has 0 aromatic heterocycles. The normalized spacial score (nSPS) is 9.47. The summed E-state index contributed by atoms with van der Waals surface area (Å²) < 4.78 is 5.28. The maximum absolute atomic E-state index is 5.28. The second-order valence-electron chi connectivity index (χ2n) is 3.35. The van der Waals surface area contributed by atoms with Crippen molar-refractivity contribution < 1.29 is 4.74 Å². The number of benzene rings is 1. The van der Waals surface area contributed by atoms with Gasteiger partial charge in [-0.05, 0) is 6.07 Å². The summed E-state index contributed by atoms with van der Waals surface area (Å²) in [5.74, 6) is 3.09. The monoisotopic (exact) mass is 273 g/mol. The molecule has 0 aliphatic rings. The Morgan fingerprint density at radius 1 is 1.41 bits per heavy atom. The molecule has 96 valence electrons. The Morgan fingerprint density at radius 3 is 2.88 bits per heavy atom.